The maximum Gasteiger partial charge on any atom is 0.133 e. The lowest BCUT2D eigenvalue weighted by molar-refractivity contribution is 0.276. The number of hydrogen-bond donors (Lipinski definition) is 2. The molecule has 0 aromatic heterocycles. The monoisotopic (exact) mass is 169 g/mol. The predicted molar refractivity (Wildman–Crippen MR) is 46.1 cm³/mol. The third-order valence-electron chi connectivity index (χ3n) is 1.90. The molecule has 0 spiro atoms. The lowest BCUT2D eigenvalue weighted by Crippen LogP contribution is -2.01. The molecule has 0 saturated carbocycles. The Morgan fingerprint density at radius 2 is 2.17 bits per heavy atom. The summed E-state index contributed by atoms with van der Waals surface area (Å²) in [6, 6.07) is 3.26. The van der Waals surface area contributed by atoms with Crippen LogP contribution in [0.1, 0.15) is 18.1 Å². The van der Waals surface area contributed by atoms with Crippen LogP contribution in [-0.4, -0.2) is 5.11 Å². The fraction of sp³-hybridized carbons (Fsp3) is 0.333. The second-order valence-corrected chi connectivity index (χ2v) is 2.62. The predicted octanol–water partition coefficient (Wildman–Crippen LogP) is 1.46. The van der Waals surface area contributed by atoms with Crippen LogP contribution < -0.4 is 5.73 Å². The summed E-state index contributed by atoms with van der Waals surface area (Å²) in [4.78, 5) is 0. The highest BCUT2D eigenvalue weighted by atomic mass is 19.1. The van der Waals surface area contributed by atoms with Gasteiger partial charge in [0.1, 0.15) is 5.82 Å². The lowest BCUT2D eigenvalue weighted by Gasteiger charge is -2.07. The van der Waals surface area contributed by atoms with Crippen molar-refractivity contribution >= 4 is 5.69 Å². The van der Waals surface area contributed by atoms with E-state index in [1.165, 1.54) is 0 Å². The van der Waals surface area contributed by atoms with Gasteiger partial charge in [-0.2, -0.15) is 0 Å². The van der Waals surface area contributed by atoms with E-state index in [1.807, 2.05) is 6.92 Å². The van der Waals surface area contributed by atoms with Crippen molar-refractivity contribution in [2.45, 2.75) is 20.0 Å². The van der Waals surface area contributed by atoms with Crippen LogP contribution >= 0.6 is 0 Å². The molecule has 0 fully saturated rings. The summed E-state index contributed by atoms with van der Waals surface area (Å²) in [7, 11) is 0. The molecule has 0 saturated heterocycles. The number of halogens is 1. The minimum Gasteiger partial charge on any atom is -0.398 e. The van der Waals surface area contributed by atoms with Crippen molar-refractivity contribution in [2.75, 3.05) is 5.73 Å². The Balaban J connectivity index is 3.24. The van der Waals surface area contributed by atoms with Crippen LogP contribution in [-0.2, 0) is 13.0 Å². The second-order valence-electron chi connectivity index (χ2n) is 2.62. The van der Waals surface area contributed by atoms with Gasteiger partial charge in [0, 0.05) is 11.3 Å². The first-order chi connectivity index (χ1) is 5.70. The number of aryl methyl sites for hydroxylation is 1. The number of nitrogen functional groups attached to an aromatic ring is 1. The maximum absolute atomic E-state index is 13.3. The molecular formula is C9H12FNO. The van der Waals surface area contributed by atoms with Gasteiger partial charge in [-0.1, -0.05) is 13.0 Å². The molecule has 0 radical (unpaired) electrons. The van der Waals surface area contributed by atoms with Gasteiger partial charge in [-0.3, -0.25) is 0 Å². The van der Waals surface area contributed by atoms with Crippen molar-refractivity contribution in [3.05, 3.63) is 29.1 Å². The molecule has 0 aliphatic carbocycles. The van der Waals surface area contributed by atoms with Gasteiger partial charge in [-0.05, 0) is 18.1 Å². The highest BCUT2D eigenvalue weighted by Gasteiger charge is 2.08. The first-order valence-electron chi connectivity index (χ1n) is 3.87. The molecule has 0 unspecified atom stereocenters. The number of aliphatic hydroxyl groups is 1. The van der Waals surface area contributed by atoms with Crippen LogP contribution in [0, 0.1) is 5.82 Å². The Hall–Kier alpha value is -1.09. The third-order valence-corrected chi connectivity index (χ3v) is 1.90. The minimum absolute atomic E-state index is 0.203. The van der Waals surface area contributed by atoms with E-state index in [9.17, 15) is 4.39 Å². The van der Waals surface area contributed by atoms with E-state index in [0.717, 1.165) is 0 Å². The maximum atomic E-state index is 13.3. The number of rotatable bonds is 2. The van der Waals surface area contributed by atoms with E-state index in [0.29, 0.717) is 17.7 Å². The molecule has 1 aromatic carbocycles. The molecule has 0 heterocycles. The van der Waals surface area contributed by atoms with Gasteiger partial charge in [0.2, 0.25) is 0 Å². The summed E-state index contributed by atoms with van der Waals surface area (Å²) < 4.78 is 13.3. The normalized spacial score (nSPS) is 10.2. The SMILES string of the molecule is CCc1ccc(N)c(CO)c1F. The molecule has 0 aliphatic heterocycles. The van der Waals surface area contributed by atoms with E-state index in [-0.39, 0.29) is 18.0 Å². The molecule has 3 N–H and O–H groups in total. The zero-order chi connectivity index (χ0) is 9.14. The molecule has 1 rings (SSSR count). The van der Waals surface area contributed by atoms with Crippen LogP contribution in [0.3, 0.4) is 0 Å². The van der Waals surface area contributed by atoms with E-state index in [4.69, 9.17) is 10.8 Å². The third kappa shape index (κ3) is 1.41. The number of anilines is 1. The van der Waals surface area contributed by atoms with E-state index in [2.05, 4.69) is 0 Å². The van der Waals surface area contributed by atoms with Crippen molar-refractivity contribution in [2.24, 2.45) is 0 Å². The number of hydrogen-bond acceptors (Lipinski definition) is 2. The quantitative estimate of drug-likeness (QED) is 0.658. The zero-order valence-electron chi connectivity index (χ0n) is 6.97. The Kier molecular flexibility index (Phi) is 2.65. The summed E-state index contributed by atoms with van der Waals surface area (Å²) in [5.74, 6) is -0.375. The first-order valence-corrected chi connectivity index (χ1v) is 3.87. The Labute approximate surface area is 70.8 Å². The van der Waals surface area contributed by atoms with E-state index in [1.54, 1.807) is 12.1 Å². The van der Waals surface area contributed by atoms with Crippen molar-refractivity contribution in [1.82, 2.24) is 0 Å². The van der Waals surface area contributed by atoms with Gasteiger partial charge in [-0.15, -0.1) is 0 Å². The van der Waals surface area contributed by atoms with Crippen molar-refractivity contribution in [3.8, 4) is 0 Å². The number of benzene rings is 1. The minimum atomic E-state index is -0.375. The summed E-state index contributed by atoms with van der Waals surface area (Å²) >= 11 is 0. The van der Waals surface area contributed by atoms with Crippen LogP contribution in [0.4, 0.5) is 10.1 Å². The molecule has 3 heteroatoms. The van der Waals surface area contributed by atoms with Crippen LogP contribution in [0.15, 0.2) is 12.1 Å². The van der Waals surface area contributed by atoms with Crippen LogP contribution in [0.25, 0.3) is 0 Å². The average Bonchev–Trinajstić information content (AvgIpc) is 2.06. The van der Waals surface area contributed by atoms with Gasteiger partial charge in [0.05, 0.1) is 6.61 Å². The Bertz CT molecular complexity index is 286. The number of nitrogens with two attached hydrogens (primary N) is 1. The fourth-order valence-electron chi connectivity index (χ4n) is 1.12. The zero-order valence-corrected chi connectivity index (χ0v) is 6.97. The highest BCUT2D eigenvalue weighted by molar-refractivity contribution is 5.49. The summed E-state index contributed by atoms with van der Waals surface area (Å²) in [6.07, 6.45) is 0.610. The molecule has 0 atom stereocenters. The first kappa shape index (κ1) is 9.00. The second kappa shape index (κ2) is 3.54. The summed E-state index contributed by atoms with van der Waals surface area (Å²) in [5.41, 5.74) is 6.56. The molecule has 66 valence electrons. The summed E-state index contributed by atoms with van der Waals surface area (Å²) in [5, 5.41) is 8.80. The molecular weight excluding hydrogens is 157 g/mol. The standard InChI is InChI=1S/C9H12FNO/c1-2-6-3-4-8(11)7(5-12)9(6)10/h3-4,12H,2,5,11H2,1H3. The van der Waals surface area contributed by atoms with Gasteiger partial charge < -0.3 is 10.8 Å². The highest BCUT2D eigenvalue weighted by Crippen LogP contribution is 2.19. The van der Waals surface area contributed by atoms with Gasteiger partial charge in [-0.25, -0.2) is 4.39 Å². The molecule has 0 aliphatic rings. The van der Waals surface area contributed by atoms with Gasteiger partial charge in [0.25, 0.3) is 0 Å². The van der Waals surface area contributed by atoms with Crippen LogP contribution in [0.2, 0.25) is 0 Å². The molecule has 0 bridgehead atoms. The fourth-order valence-corrected chi connectivity index (χ4v) is 1.12. The van der Waals surface area contributed by atoms with Crippen molar-refractivity contribution in [3.63, 3.8) is 0 Å². The van der Waals surface area contributed by atoms with Crippen molar-refractivity contribution < 1.29 is 9.50 Å². The Morgan fingerprint density at radius 3 is 2.67 bits per heavy atom. The molecule has 2 nitrogen and oxygen atoms in total. The van der Waals surface area contributed by atoms with Gasteiger partial charge >= 0.3 is 0 Å². The average molecular weight is 169 g/mol. The van der Waals surface area contributed by atoms with Gasteiger partial charge in [0.15, 0.2) is 0 Å². The Morgan fingerprint density at radius 1 is 1.50 bits per heavy atom. The molecule has 0 amide bonds. The topological polar surface area (TPSA) is 46.2 Å². The van der Waals surface area contributed by atoms with E-state index < -0.39 is 0 Å². The largest absolute Gasteiger partial charge is 0.398 e. The smallest absolute Gasteiger partial charge is 0.133 e. The number of aliphatic hydroxyl groups excluding tert-OH is 1. The molecule has 12 heavy (non-hydrogen) atoms. The van der Waals surface area contributed by atoms with E-state index >= 15 is 0 Å². The molecule has 1 aromatic rings. The van der Waals surface area contributed by atoms with Crippen LogP contribution in [0.5, 0.6) is 0 Å². The van der Waals surface area contributed by atoms with Crippen molar-refractivity contribution in [1.29, 1.82) is 0 Å². The lowest BCUT2D eigenvalue weighted by atomic mass is 10.1. The summed E-state index contributed by atoms with van der Waals surface area (Å²) in [6.45, 7) is 1.52.